The van der Waals surface area contributed by atoms with E-state index < -0.39 is 5.60 Å². The van der Waals surface area contributed by atoms with Crippen LogP contribution in [0.25, 0.3) is 0 Å². The first-order valence-electron chi connectivity index (χ1n) is 7.54. The third-order valence-electron chi connectivity index (χ3n) is 3.59. The third kappa shape index (κ3) is 4.23. The van der Waals surface area contributed by atoms with Gasteiger partial charge in [0.1, 0.15) is 5.60 Å². The molecule has 0 aromatic heterocycles. The van der Waals surface area contributed by atoms with Crippen LogP contribution in [0.1, 0.15) is 44.9 Å². The van der Waals surface area contributed by atoms with Crippen LogP contribution < -0.4 is 0 Å². The molecule has 5 heteroatoms. The minimum Gasteiger partial charge on any atom is -0.444 e. The van der Waals surface area contributed by atoms with Crippen molar-refractivity contribution in [1.29, 1.82) is 0 Å². The summed E-state index contributed by atoms with van der Waals surface area (Å²) in [4.78, 5) is 14.3. The third-order valence-corrected chi connectivity index (χ3v) is 4.08. The second-order valence-electron chi connectivity index (χ2n) is 6.79. The molecule has 2 rings (SSSR count). The van der Waals surface area contributed by atoms with Crippen molar-refractivity contribution in [2.45, 2.75) is 52.4 Å². The second-order valence-corrected chi connectivity index (χ2v) is 7.71. The minimum absolute atomic E-state index is 0.0134. The first kappa shape index (κ1) is 17.3. The molecule has 0 spiro atoms. The highest BCUT2D eigenvalue weighted by molar-refractivity contribution is 9.10. The molecule has 122 valence electrons. The number of hydrogen-bond acceptors (Lipinski definition) is 3. The van der Waals surface area contributed by atoms with Gasteiger partial charge in [0, 0.05) is 4.47 Å². The van der Waals surface area contributed by atoms with E-state index in [1.807, 2.05) is 46.8 Å². The van der Waals surface area contributed by atoms with Crippen LogP contribution >= 0.6 is 15.9 Å². The molecule has 1 fully saturated rings. The van der Waals surface area contributed by atoms with Gasteiger partial charge in [0.05, 0.1) is 25.3 Å². The number of aryl methyl sites for hydroxylation is 1. The van der Waals surface area contributed by atoms with Gasteiger partial charge < -0.3 is 9.47 Å². The summed E-state index contributed by atoms with van der Waals surface area (Å²) >= 11 is 3.48. The highest BCUT2D eigenvalue weighted by atomic mass is 79.9. The summed E-state index contributed by atoms with van der Waals surface area (Å²) < 4.78 is 12.4. The molecule has 0 unspecified atom stereocenters. The lowest BCUT2D eigenvalue weighted by Gasteiger charge is -2.40. The van der Waals surface area contributed by atoms with Crippen molar-refractivity contribution in [3.8, 4) is 0 Å². The fourth-order valence-electron chi connectivity index (χ4n) is 2.60. The lowest BCUT2D eigenvalue weighted by Crippen LogP contribution is -2.48. The summed E-state index contributed by atoms with van der Waals surface area (Å²) in [5.41, 5.74) is 1.73. The molecule has 1 saturated heterocycles. The van der Waals surface area contributed by atoms with E-state index in [2.05, 4.69) is 22.0 Å². The van der Waals surface area contributed by atoms with Gasteiger partial charge in [0.25, 0.3) is 0 Å². The van der Waals surface area contributed by atoms with Crippen LogP contribution in [-0.2, 0) is 9.47 Å². The van der Waals surface area contributed by atoms with E-state index in [4.69, 9.17) is 9.47 Å². The van der Waals surface area contributed by atoms with E-state index in [1.165, 1.54) is 0 Å². The summed E-state index contributed by atoms with van der Waals surface area (Å²) in [6.45, 7) is 10.7. The molecule has 2 atom stereocenters. The van der Waals surface area contributed by atoms with Crippen molar-refractivity contribution in [2.75, 3.05) is 13.2 Å². The van der Waals surface area contributed by atoms with Gasteiger partial charge in [0.2, 0.25) is 0 Å². The summed E-state index contributed by atoms with van der Waals surface area (Å²) in [6.07, 6.45) is -0.269. The molecule has 1 aromatic rings. The quantitative estimate of drug-likeness (QED) is 0.733. The summed E-state index contributed by atoms with van der Waals surface area (Å²) in [6, 6.07) is 5.98. The first-order valence-corrected chi connectivity index (χ1v) is 8.34. The van der Waals surface area contributed by atoms with E-state index in [-0.39, 0.29) is 18.2 Å². The van der Waals surface area contributed by atoms with Crippen molar-refractivity contribution >= 4 is 22.0 Å². The normalized spacial score (nSPS) is 22.5. The number of ether oxygens (including phenoxy) is 2. The Morgan fingerprint density at radius 3 is 2.68 bits per heavy atom. The predicted octanol–water partition coefficient (Wildman–Crippen LogP) is 4.45. The van der Waals surface area contributed by atoms with Gasteiger partial charge >= 0.3 is 6.09 Å². The van der Waals surface area contributed by atoms with Crippen LogP contribution in [0.2, 0.25) is 0 Å². The zero-order valence-corrected chi connectivity index (χ0v) is 15.4. The fourth-order valence-corrected chi connectivity index (χ4v) is 3.07. The van der Waals surface area contributed by atoms with Crippen molar-refractivity contribution in [1.82, 2.24) is 4.90 Å². The Hall–Kier alpha value is -1.07. The smallest absolute Gasteiger partial charge is 0.410 e. The number of benzene rings is 1. The maximum Gasteiger partial charge on any atom is 0.410 e. The van der Waals surface area contributed by atoms with E-state index in [9.17, 15) is 4.79 Å². The average molecular weight is 370 g/mol. The van der Waals surface area contributed by atoms with Crippen LogP contribution in [0.3, 0.4) is 0 Å². The number of rotatable bonds is 1. The lowest BCUT2D eigenvalue weighted by molar-refractivity contribution is -0.0645. The molecule has 1 amide bonds. The highest BCUT2D eigenvalue weighted by Gasteiger charge is 2.35. The van der Waals surface area contributed by atoms with Gasteiger partial charge in [-0.25, -0.2) is 4.79 Å². The largest absolute Gasteiger partial charge is 0.444 e. The zero-order chi connectivity index (χ0) is 16.5. The predicted molar refractivity (Wildman–Crippen MR) is 90.0 cm³/mol. The molecule has 1 aliphatic rings. The van der Waals surface area contributed by atoms with Crippen molar-refractivity contribution in [3.63, 3.8) is 0 Å². The number of nitrogens with zero attached hydrogens (tertiary/aromatic N) is 1. The second kappa shape index (κ2) is 6.59. The number of halogens is 1. The minimum atomic E-state index is -0.502. The molecular formula is C17H24BrNO3. The van der Waals surface area contributed by atoms with Gasteiger partial charge in [-0.05, 0) is 57.9 Å². The Morgan fingerprint density at radius 1 is 1.41 bits per heavy atom. The Balaban J connectivity index is 2.28. The Kier molecular flexibility index (Phi) is 5.17. The lowest BCUT2D eigenvalue weighted by atomic mass is 9.99. The molecule has 1 aromatic carbocycles. The van der Waals surface area contributed by atoms with E-state index in [0.717, 1.165) is 15.6 Å². The number of carbonyl (C=O) groups is 1. The van der Waals surface area contributed by atoms with Crippen LogP contribution in [0, 0.1) is 6.92 Å². The first-order chi connectivity index (χ1) is 10.2. The fraction of sp³-hybridized carbons (Fsp3) is 0.588. The van der Waals surface area contributed by atoms with Crippen LogP contribution in [0.5, 0.6) is 0 Å². The van der Waals surface area contributed by atoms with Crippen LogP contribution in [-0.4, -0.2) is 35.8 Å². The van der Waals surface area contributed by atoms with Crippen molar-refractivity contribution < 1.29 is 14.3 Å². The molecule has 0 radical (unpaired) electrons. The van der Waals surface area contributed by atoms with Crippen LogP contribution in [0.4, 0.5) is 4.79 Å². The molecule has 1 heterocycles. The molecule has 22 heavy (non-hydrogen) atoms. The van der Waals surface area contributed by atoms with E-state index >= 15 is 0 Å². The Morgan fingerprint density at radius 2 is 2.09 bits per heavy atom. The zero-order valence-electron chi connectivity index (χ0n) is 13.9. The number of carbonyl (C=O) groups excluding carboxylic acids is 1. The number of hydrogen-bond donors (Lipinski definition) is 0. The highest BCUT2D eigenvalue weighted by Crippen LogP contribution is 2.31. The van der Waals surface area contributed by atoms with E-state index in [1.54, 1.807) is 4.90 Å². The van der Waals surface area contributed by atoms with Gasteiger partial charge in [-0.3, -0.25) is 4.90 Å². The molecule has 4 nitrogen and oxygen atoms in total. The molecule has 0 aliphatic carbocycles. The van der Waals surface area contributed by atoms with Gasteiger partial charge in [0.15, 0.2) is 0 Å². The topological polar surface area (TPSA) is 38.8 Å². The molecular weight excluding hydrogens is 346 g/mol. The van der Waals surface area contributed by atoms with Gasteiger partial charge in [-0.15, -0.1) is 0 Å². The van der Waals surface area contributed by atoms with E-state index in [0.29, 0.717) is 13.2 Å². The van der Waals surface area contributed by atoms with Crippen LogP contribution in [0.15, 0.2) is 22.7 Å². The monoisotopic (exact) mass is 369 g/mol. The molecule has 0 saturated carbocycles. The van der Waals surface area contributed by atoms with Crippen molar-refractivity contribution in [2.24, 2.45) is 0 Å². The average Bonchev–Trinajstić information content (AvgIpc) is 2.37. The molecule has 0 N–H and O–H groups in total. The summed E-state index contributed by atoms with van der Waals surface area (Å²) in [5.74, 6) is 0. The maximum absolute atomic E-state index is 12.6. The van der Waals surface area contributed by atoms with Gasteiger partial charge in [-0.1, -0.05) is 22.0 Å². The maximum atomic E-state index is 12.6. The Labute approximate surface area is 140 Å². The summed E-state index contributed by atoms with van der Waals surface area (Å²) in [5, 5.41) is 0. The SMILES string of the molecule is Cc1cc(Br)ccc1[C@@H]1CO[C@@H](C)CN1C(=O)OC(C)(C)C. The Bertz CT molecular complexity index is 553. The standard InChI is InChI=1S/C17H24BrNO3/c1-11-8-13(18)6-7-14(11)15-10-21-12(2)9-19(15)16(20)22-17(3,4)5/h6-8,12,15H,9-10H2,1-5H3/t12-,15-/m0/s1. The summed E-state index contributed by atoms with van der Waals surface area (Å²) in [7, 11) is 0. The number of morpholine rings is 1. The molecule has 0 bridgehead atoms. The number of amides is 1. The van der Waals surface area contributed by atoms with Crippen molar-refractivity contribution in [3.05, 3.63) is 33.8 Å². The van der Waals surface area contributed by atoms with Gasteiger partial charge in [-0.2, -0.15) is 0 Å². The molecule has 1 aliphatic heterocycles.